The molecule has 1 aromatic heterocycles. The second-order valence-corrected chi connectivity index (χ2v) is 5.50. The van der Waals surface area contributed by atoms with Gasteiger partial charge in [-0.3, -0.25) is 0 Å². The lowest BCUT2D eigenvalue weighted by atomic mass is 10.4. The monoisotopic (exact) mass is 293 g/mol. The van der Waals surface area contributed by atoms with Crippen molar-refractivity contribution in [3.05, 3.63) is 25.7 Å². The maximum atomic E-state index is 10.6. The molecule has 1 aliphatic heterocycles. The summed E-state index contributed by atoms with van der Waals surface area (Å²) in [5.74, 6) is 0. The number of thiazole rings is 1. The van der Waals surface area contributed by atoms with Gasteiger partial charge in [-0.05, 0) is 7.05 Å². The van der Waals surface area contributed by atoms with Crippen LogP contribution in [0.3, 0.4) is 0 Å². The van der Waals surface area contributed by atoms with Crippen LogP contribution in [0.1, 0.15) is 4.88 Å². The maximum Gasteiger partial charge on any atom is 0.198 e. The fourth-order valence-electron chi connectivity index (χ4n) is 1.69. The molecule has 0 amide bonds. The van der Waals surface area contributed by atoms with Crippen molar-refractivity contribution in [2.45, 2.75) is 12.8 Å². The van der Waals surface area contributed by atoms with Crippen LogP contribution >= 0.6 is 22.9 Å². The van der Waals surface area contributed by atoms with Gasteiger partial charge < -0.3 is 4.74 Å². The summed E-state index contributed by atoms with van der Waals surface area (Å²) >= 11 is 7.10. The molecule has 0 aromatic carbocycles. The lowest BCUT2D eigenvalue weighted by molar-refractivity contribution is -0.565. The number of halogens is 1. The van der Waals surface area contributed by atoms with Crippen molar-refractivity contribution in [3.63, 3.8) is 0 Å². The average molecular weight is 294 g/mol. The molecule has 2 rings (SSSR count). The van der Waals surface area contributed by atoms with E-state index in [-0.39, 0.29) is 0 Å². The quantitative estimate of drug-likeness (QED) is 0.641. The number of nitrogens with zero attached hydrogens (tertiary/aromatic N) is 4. The van der Waals surface area contributed by atoms with Gasteiger partial charge >= 0.3 is 0 Å². The van der Waals surface area contributed by atoms with E-state index in [2.05, 4.69) is 10.4 Å². The molecule has 1 saturated heterocycles. The molecular formula is C8H12ClN5O3S. The second-order valence-electron chi connectivity index (χ2n) is 3.81. The van der Waals surface area contributed by atoms with E-state index in [4.69, 9.17) is 16.3 Å². The Morgan fingerprint density at radius 2 is 2.56 bits per heavy atom. The van der Waals surface area contributed by atoms with Gasteiger partial charge in [0.2, 0.25) is 0 Å². The Labute approximate surface area is 112 Å². The van der Waals surface area contributed by atoms with Crippen LogP contribution in [-0.2, 0) is 11.3 Å². The van der Waals surface area contributed by atoms with Crippen molar-refractivity contribution in [1.29, 1.82) is 0 Å². The first-order valence-corrected chi connectivity index (χ1v) is 6.28. The van der Waals surface area contributed by atoms with Crippen molar-refractivity contribution in [3.8, 4) is 0 Å². The molecule has 1 aliphatic rings. The van der Waals surface area contributed by atoms with Gasteiger partial charge in [0.05, 0.1) is 0 Å². The lowest BCUT2D eigenvalue weighted by Crippen LogP contribution is -2.60. The summed E-state index contributed by atoms with van der Waals surface area (Å²) in [5, 5.41) is 10.0. The number of hydrogen-bond acceptors (Lipinski definition) is 7. The SMILES string of the molecule is CN1COCN(Cc2cnc(Cl)s2)C1N[N+](=O)[O-]. The van der Waals surface area contributed by atoms with Gasteiger partial charge in [0.15, 0.2) is 15.8 Å². The summed E-state index contributed by atoms with van der Waals surface area (Å²) < 4.78 is 5.78. The highest BCUT2D eigenvalue weighted by Gasteiger charge is 2.31. The first-order chi connectivity index (χ1) is 8.56. The maximum absolute atomic E-state index is 10.6. The van der Waals surface area contributed by atoms with E-state index < -0.39 is 11.3 Å². The van der Waals surface area contributed by atoms with E-state index in [0.29, 0.717) is 24.5 Å². The van der Waals surface area contributed by atoms with Gasteiger partial charge in [-0.25, -0.2) is 24.9 Å². The Hall–Kier alpha value is -1.00. The Bertz CT molecular complexity index is 431. The van der Waals surface area contributed by atoms with Crippen LogP contribution in [0.4, 0.5) is 0 Å². The standard InChI is InChI=1S/C8H12ClN5O3S/c1-12-4-17-5-13(8(12)11-14(15)16)3-6-2-10-7(9)18-6/h2,8,11H,3-5H2,1H3. The molecule has 1 fully saturated rings. The molecule has 2 heterocycles. The van der Waals surface area contributed by atoms with Crippen LogP contribution in [0.2, 0.25) is 4.47 Å². The van der Waals surface area contributed by atoms with E-state index in [1.807, 2.05) is 0 Å². The molecule has 100 valence electrons. The number of nitro groups is 1. The Balaban J connectivity index is 2.05. The average Bonchev–Trinajstić information content (AvgIpc) is 2.69. The number of nitrogens with one attached hydrogen (secondary N) is 1. The Morgan fingerprint density at radius 3 is 3.17 bits per heavy atom. The summed E-state index contributed by atoms with van der Waals surface area (Å²) in [5.41, 5.74) is 2.25. The molecule has 0 spiro atoms. The van der Waals surface area contributed by atoms with Crippen molar-refractivity contribution in [2.24, 2.45) is 0 Å². The van der Waals surface area contributed by atoms with Crippen molar-refractivity contribution in [1.82, 2.24) is 20.2 Å². The molecule has 0 radical (unpaired) electrons. The van der Waals surface area contributed by atoms with Crippen LogP contribution in [0.15, 0.2) is 6.20 Å². The van der Waals surface area contributed by atoms with E-state index in [1.54, 1.807) is 23.0 Å². The third kappa shape index (κ3) is 3.27. The minimum Gasteiger partial charge on any atom is -0.350 e. The van der Waals surface area contributed by atoms with E-state index in [0.717, 1.165) is 4.88 Å². The molecule has 0 saturated carbocycles. The highest BCUT2D eigenvalue weighted by atomic mass is 35.5. The number of hydrogen-bond donors (Lipinski definition) is 1. The number of rotatable bonds is 4. The fourth-order valence-corrected chi connectivity index (χ4v) is 2.69. The van der Waals surface area contributed by atoms with Crippen molar-refractivity contribution >= 4 is 22.9 Å². The molecule has 1 aromatic rings. The van der Waals surface area contributed by atoms with Crippen LogP contribution in [-0.4, -0.2) is 46.6 Å². The molecule has 0 aliphatic carbocycles. The van der Waals surface area contributed by atoms with E-state index >= 15 is 0 Å². The van der Waals surface area contributed by atoms with Gasteiger partial charge in [0.25, 0.3) is 0 Å². The minimum atomic E-state index is -0.556. The zero-order valence-corrected chi connectivity index (χ0v) is 11.1. The Kier molecular flexibility index (Phi) is 4.30. The van der Waals surface area contributed by atoms with Gasteiger partial charge in [-0.1, -0.05) is 11.6 Å². The van der Waals surface area contributed by atoms with Crippen LogP contribution in [0, 0.1) is 10.1 Å². The highest BCUT2D eigenvalue weighted by molar-refractivity contribution is 7.15. The normalized spacial score (nSPS) is 22.0. The van der Waals surface area contributed by atoms with Gasteiger partial charge in [-0.2, -0.15) is 0 Å². The number of ether oxygens (including phenoxy) is 1. The lowest BCUT2D eigenvalue weighted by Gasteiger charge is -2.38. The second kappa shape index (κ2) is 5.76. The van der Waals surface area contributed by atoms with Gasteiger partial charge in [-0.15, -0.1) is 16.8 Å². The summed E-state index contributed by atoms with van der Waals surface area (Å²) in [6.45, 7) is 1.14. The molecule has 18 heavy (non-hydrogen) atoms. The van der Waals surface area contributed by atoms with Crippen molar-refractivity contribution in [2.75, 3.05) is 20.5 Å². The summed E-state index contributed by atoms with van der Waals surface area (Å²) in [6, 6.07) is 0. The molecule has 1 atom stereocenters. The van der Waals surface area contributed by atoms with Crippen LogP contribution < -0.4 is 5.43 Å². The third-order valence-electron chi connectivity index (χ3n) is 2.42. The number of hydrazine groups is 1. The zero-order valence-electron chi connectivity index (χ0n) is 9.58. The fraction of sp³-hybridized carbons (Fsp3) is 0.625. The molecule has 8 nitrogen and oxygen atoms in total. The molecule has 1 N–H and O–H groups in total. The Morgan fingerprint density at radius 1 is 1.78 bits per heavy atom. The van der Waals surface area contributed by atoms with Gasteiger partial charge in [0.1, 0.15) is 13.5 Å². The molecule has 1 unspecified atom stereocenters. The third-order valence-corrected chi connectivity index (χ3v) is 3.52. The topological polar surface area (TPSA) is 83.8 Å². The molecule has 10 heteroatoms. The summed E-state index contributed by atoms with van der Waals surface area (Å²) in [6.07, 6.45) is 1.14. The zero-order chi connectivity index (χ0) is 13.1. The number of aromatic nitrogens is 1. The summed E-state index contributed by atoms with van der Waals surface area (Å²) in [4.78, 5) is 18.9. The van der Waals surface area contributed by atoms with E-state index in [1.165, 1.54) is 11.3 Å². The van der Waals surface area contributed by atoms with Crippen LogP contribution in [0.25, 0.3) is 0 Å². The molecular weight excluding hydrogens is 282 g/mol. The predicted molar refractivity (Wildman–Crippen MR) is 65.2 cm³/mol. The summed E-state index contributed by atoms with van der Waals surface area (Å²) in [7, 11) is 1.74. The van der Waals surface area contributed by atoms with Gasteiger partial charge in [0, 0.05) is 17.6 Å². The first kappa shape index (κ1) is 13.4. The predicted octanol–water partition coefficient (Wildman–Crippen LogP) is 0.540. The highest BCUT2D eigenvalue weighted by Crippen LogP contribution is 2.21. The van der Waals surface area contributed by atoms with E-state index in [9.17, 15) is 10.1 Å². The minimum absolute atomic E-state index is 0.311. The smallest absolute Gasteiger partial charge is 0.198 e. The first-order valence-electron chi connectivity index (χ1n) is 5.09. The van der Waals surface area contributed by atoms with Crippen LogP contribution in [0.5, 0.6) is 0 Å². The molecule has 0 bridgehead atoms. The van der Waals surface area contributed by atoms with Crippen molar-refractivity contribution < 1.29 is 9.77 Å². The largest absolute Gasteiger partial charge is 0.350 e.